The van der Waals surface area contributed by atoms with Crippen LogP contribution in [0, 0.1) is 13.8 Å². The Hall–Kier alpha value is -3.72. The molecule has 34 heavy (non-hydrogen) atoms. The molecule has 0 bridgehead atoms. The van der Waals surface area contributed by atoms with Crippen molar-refractivity contribution in [2.75, 3.05) is 13.2 Å². The number of fused-ring (bicyclic) bond motifs is 1. The van der Waals surface area contributed by atoms with Crippen LogP contribution in [0.4, 0.5) is 0 Å². The van der Waals surface area contributed by atoms with Gasteiger partial charge in [-0.3, -0.25) is 19.3 Å². The van der Waals surface area contributed by atoms with Crippen molar-refractivity contribution in [1.82, 2.24) is 9.29 Å². The third kappa shape index (κ3) is 4.94. The molecule has 1 aliphatic heterocycles. The molecule has 2 aromatic carbocycles. The molecular weight excluding hydrogens is 454 g/mol. The Balaban J connectivity index is 1.35. The predicted octanol–water partition coefficient (Wildman–Crippen LogP) is 2.81. The number of nitrogens with one attached hydrogen (secondary N) is 1. The number of benzene rings is 2. The average Bonchev–Trinajstić information content (AvgIpc) is 3.27. The monoisotopic (exact) mass is 479 g/mol. The molecule has 1 aromatic heterocycles. The molecule has 0 fully saturated rings. The molecule has 0 atom stereocenters. The summed E-state index contributed by atoms with van der Waals surface area (Å²) in [6.07, 6.45) is 0.840. The van der Waals surface area contributed by atoms with Gasteiger partial charge >= 0.3 is 5.97 Å². The van der Waals surface area contributed by atoms with Crippen molar-refractivity contribution in [3.05, 3.63) is 88.7 Å². The first-order valence-corrected chi connectivity index (χ1v) is 12.3. The zero-order chi connectivity index (χ0) is 24.3. The van der Waals surface area contributed by atoms with Crippen molar-refractivity contribution >= 4 is 27.6 Å². The molecule has 2 heterocycles. The number of hydrogen-bond donors (Lipinski definition) is 1. The number of hydrogen-bond acceptors (Lipinski definition) is 6. The lowest BCUT2D eigenvalue weighted by Crippen LogP contribution is -2.24. The number of Topliss-reactive ketones (excluding diaryl/α,β-unsaturated/α-hetero) is 1. The summed E-state index contributed by atoms with van der Waals surface area (Å²) in [7, 11) is -3.68. The lowest BCUT2D eigenvalue weighted by Gasteiger charge is -2.10. The summed E-state index contributed by atoms with van der Waals surface area (Å²) in [5, 5.41) is 0. The van der Waals surface area contributed by atoms with Crippen molar-refractivity contribution in [2.45, 2.75) is 31.7 Å². The molecule has 0 unspecified atom stereocenters. The fourth-order valence-electron chi connectivity index (χ4n) is 3.98. The Morgan fingerprint density at radius 3 is 2.50 bits per heavy atom. The number of amidine groups is 1. The standard InChI is InChI=1S/C25H25N3O5S/c1-17-14-21(18(2)28(17)13-12-19-8-4-3-5-9-19)22(29)16-33-24(30)15-26-25-20-10-6-7-11-23(20)34(31,32)27-25/h3-11,14H,12-13,15-16H2,1-2H3,(H,26,27). The van der Waals surface area contributed by atoms with Crippen molar-refractivity contribution < 1.29 is 22.7 Å². The molecule has 0 saturated carbocycles. The number of aliphatic imine (C=N–C) groups is 1. The summed E-state index contributed by atoms with van der Waals surface area (Å²) in [5.74, 6) is -0.935. The number of ether oxygens (including phenoxy) is 1. The molecule has 0 amide bonds. The maximum Gasteiger partial charge on any atom is 0.328 e. The van der Waals surface area contributed by atoms with Crippen LogP contribution in [-0.4, -0.2) is 43.7 Å². The molecule has 176 valence electrons. The van der Waals surface area contributed by atoms with Crippen LogP contribution in [-0.2, 0) is 32.5 Å². The highest BCUT2D eigenvalue weighted by Gasteiger charge is 2.30. The number of ketones is 1. The first kappa shape index (κ1) is 23.4. The second kappa shape index (κ2) is 9.64. The van der Waals surface area contributed by atoms with Gasteiger partial charge in [-0.2, -0.15) is 0 Å². The molecule has 8 nitrogen and oxygen atoms in total. The Morgan fingerprint density at radius 1 is 1.03 bits per heavy atom. The van der Waals surface area contributed by atoms with Crippen LogP contribution >= 0.6 is 0 Å². The van der Waals surface area contributed by atoms with Gasteiger partial charge in [0, 0.05) is 29.1 Å². The number of aryl methyl sites for hydroxylation is 2. The summed E-state index contributed by atoms with van der Waals surface area (Å²) >= 11 is 0. The Morgan fingerprint density at radius 2 is 1.74 bits per heavy atom. The molecule has 0 spiro atoms. The Labute approximate surface area is 198 Å². The van der Waals surface area contributed by atoms with Gasteiger partial charge in [-0.15, -0.1) is 0 Å². The Kier molecular flexibility index (Phi) is 6.65. The molecule has 0 aliphatic carbocycles. The van der Waals surface area contributed by atoms with E-state index in [1.54, 1.807) is 24.3 Å². The number of rotatable bonds is 8. The zero-order valence-corrected chi connectivity index (χ0v) is 19.8. The van der Waals surface area contributed by atoms with Crippen molar-refractivity contribution in [2.24, 2.45) is 4.99 Å². The fourth-order valence-corrected chi connectivity index (χ4v) is 5.23. The lowest BCUT2D eigenvalue weighted by atomic mass is 10.1. The molecule has 4 rings (SSSR count). The van der Waals surface area contributed by atoms with Gasteiger partial charge in [-0.25, -0.2) is 8.42 Å². The zero-order valence-electron chi connectivity index (χ0n) is 18.9. The van der Waals surface area contributed by atoms with E-state index < -0.39 is 29.1 Å². The number of esters is 1. The van der Waals surface area contributed by atoms with Gasteiger partial charge in [-0.05, 0) is 44.0 Å². The minimum absolute atomic E-state index is 0.0841. The van der Waals surface area contributed by atoms with Gasteiger partial charge in [0.2, 0.25) is 5.78 Å². The van der Waals surface area contributed by atoms with Crippen LogP contribution in [0.1, 0.15) is 32.9 Å². The largest absolute Gasteiger partial charge is 0.456 e. The van der Waals surface area contributed by atoms with Gasteiger partial charge in [0.05, 0.1) is 4.90 Å². The fraction of sp³-hybridized carbons (Fsp3) is 0.240. The summed E-state index contributed by atoms with van der Waals surface area (Å²) < 4.78 is 33.7. The minimum atomic E-state index is -3.68. The smallest absolute Gasteiger partial charge is 0.328 e. The van der Waals surface area contributed by atoms with E-state index in [0.29, 0.717) is 11.1 Å². The van der Waals surface area contributed by atoms with Crippen molar-refractivity contribution in [3.8, 4) is 0 Å². The third-order valence-corrected chi connectivity index (χ3v) is 7.13. The lowest BCUT2D eigenvalue weighted by molar-refractivity contribution is -0.140. The van der Waals surface area contributed by atoms with Gasteiger partial charge < -0.3 is 9.30 Å². The average molecular weight is 480 g/mol. The van der Waals surface area contributed by atoms with Gasteiger partial charge in [-0.1, -0.05) is 42.5 Å². The molecule has 1 N–H and O–H groups in total. The Bertz CT molecular complexity index is 1370. The molecule has 1 aliphatic rings. The normalized spacial score (nSPS) is 15.1. The number of sulfonamides is 1. The highest BCUT2D eigenvalue weighted by Crippen LogP contribution is 2.22. The van der Waals surface area contributed by atoms with Crippen molar-refractivity contribution in [3.63, 3.8) is 0 Å². The number of aromatic nitrogens is 1. The molecule has 3 aromatic rings. The van der Waals surface area contributed by atoms with E-state index in [-0.39, 0.29) is 16.5 Å². The maximum absolute atomic E-state index is 12.7. The van der Waals surface area contributed by atoms with Gasteiger partial charge in [0.25, 0.3) is 10.0 Å². The summed E-state index contributed by atoms with van der Waals surface area (Å²) in [5.41, 5.74) is 3.91. The number of carbonyl (C=O) groups is 2. The van der Waals surface area contributed by atoms with Crippen LogP contribution in [0.15, 0.2) is 70.6 Å². The van der Waals surface area contributed by atoms with E-state index in [0.717, 1.165) is 24.4 Å². The van der Waals surface area contributed by atoms with E-state index in [2.05, 4.69) is 26.4 Å². The van der Waals surface area contributed by atoms with Crippen LogP contribution in [0.5, 0.6) is 0 Å². The second-order valence-electron chi connectivity index (χ2n) is 8.02. The highest BCUT2D eigenvalue weighted by molar-refractivity contribution is 7.90. The van der Waals surface area contributed by atoms with Crippen LogP contribution in [0.3, 0.4) is 0 Å². The number of carbonyl (C=O) groups excluding carboxylic acids is 2. The second-order valence-corrected chi connectivity index (χ2v) is 9.67. The van der Waals surface area contributed by atoms with Crippen LogP contribution in [0.25, 0.3) is 0 Å². The molecule has 0 saturated heterocycles. The highest BCUT2D eigenvalue weighted by atomic mass is 32.2. The van der Waals surface area contributed by atoms with Crippen LogP contribution < -0.4 is 4.72 Å². The first-order chi connectivity index (χ1) is 16.3. The van der Waals surface area contributed by atoms with E-state index in [1.165, 1.54) is 11.6 Å². The topological polar surface area (TPSA) is 107 Å². The van der Waals surface area contributed by atoms with E-state index in [4.69, 9.17) is 4.74 Å². The van der Waals surface area contributed by atoms with Crippen LogP contribution in [0.2, 0.25) is 0 Å². The van der Waals surface area contributed by atoms with Gasteiger partial charge in [0.15, 0.2) is 6.61 Å². The summed E-state index contributed by atoms with van der Waals surface area (Å²) in [6, 6.07) is 18.3. The van der Waals surface area contributed by atoms with Gasteiger partial charge in [0.1, 0.15) is 12.4 Å². The molecular formula is C25H25N3O5S. The minimum Gasteiger partial charge on any atom is -0.456 e. The summed E-state index contributed by atoms with van der Waals surface area (Å²) in [6.45, 7) is 3.74. The van der Waals surface area contributed by atoms with E-state index in [1.807, 2.05) is 32.0 Å². The maximum atomic E-state index is 12.7. The molecule has 9 heteroatoms. The third-order valence-electron chi connectivity index (χ3n) is 5.73. The van der Waals surface area contributed by atoms with Crippen molar-refractivity contribution in [1.29, 1.82) is 0 Å². The van der Waals surface area contributed by atoms with E-state index in [9.17, 15) is 18.0 Å². The quantitative estimate of drug-likeness (QED) is 0.395. The SMILES string of the molecule is Cc1cc(C(=O)COC(=O)CN=C2NS(=O)(=O)c3ccccc32)c(C)n1CCc1ccccc1. The van der Waals surface area contributed by atoms with E-state index >= 15 is 0 Å². The predicted molar refractivity (Wildman–Crippen MR) is 128 cm³/mol. The summed E-state index contributed by atoms with van der Waals surface area (Å²) in [4.78, 5) is 29.0. The first-order valence-electron chi connectivity index (χ1n) is 10.8. The number of nitrogens with zero attached hydrogens (tertiary/aromatic N) is 2. The molecule has 0 radical (unpaired) electrons.